The van der Waals surface area contributed by atoms with Crippen LogP contribution in [0.5, 0.6) is 5.75 Å². The van der Waals surface area contributed by atoms with Crippen molar-refractivity contribution in [2.24, 2.45) is 0 Å². The summed E-state index contributed by atoms with van der Waals surface area (Å²) in [7, 11) is 0. The minimum Gasteiger partial charge on any atom is -0.494 e. The maximum absolute atomic E-state index is 12.1. The summed E-state index contributed by atoms with van der Waals surface area (Å²) in [6.07, 6.45) is 2.40. The van der Waals surface area contributed by atoms with Crippen molar-refractivity contribution in [2.75, 3.05) is 23.0 Å². The van der Waals surface area contributed by atoms with E-state index in [1.807, 2.05) is 55.5 Å². The average molecular weight is 387 g/mol. The van der Waals surface area contributed by atoms with Crippen LogP contribution in [0.4, 0.5) is 11.4 Å². The monoisotopic (exact) mass is 386 g/mol. The van der Waals surface area contributed by atoms with Crippen LogP contribution in [0, 0.1) is 0 Å². The molecule has 0 aromatic heterocycles. The summed E-state index contributed by atoms with van der Waals surface area (Å²) < 4.78 is 5.38. The molecule has 27 heavy (non-hydrogen) atoms. The number of ether oxygens (including phenoxy) is 1. The lowest BCUT2D eigenvalue weighted by Gasteiger charge is -2.08. The van der Waals surface area contributed by atoms with E-state index < -0.39 is 0 Å². The fourth-order valence-electron chi connectivity index (χ4n) is 2.37. The molecule has 2 amide bonds. The van der Waals surface area contributed by atoms with Crippen LogP contribution < -0.4 is 15.4 Å². The maximum Gasteiger partial charge on any atom is 0.234 e. The zero-order chi connectivity index (χ0) is 19.5. The number of carbonyl (C=O) groups excluding carboxylic acids is 2. The van der Waals surface area contributed by atoms with Gasteiger partial charge >= 0.3 is 0 Å². The van der Waals surface area contributed by atoms with Crippen molar-refractivity contribution >= 4 is 35.0 Å². The lowest BCUT2D eigenvalue weighted by molar-refractivity contribution is -0.116. The highest BCUT2D eigenvalue weighted by atomic mass is 32.2. The van der Waals surface area contributed by atoms with Crippen LogP contribution in [0.3, 0.4) is 0 Å². The van der Waals surface area contributed by atoms with E-state index in [1.54, 1.807) is 0 Å². The zero-order valence-electron chi connectivity index (χ0n) is 15.8. The van der Waals surface area contributed by atoms with Gasteiger partial charge < -0.3 is 15.4 Å². The predicted octanol–water partition coefficient (Wildman–Crippen LogP) is 4.94. The van der Waals surface area contributed by atoms with E-state index in [9.17, 15) is 9.59 Å². The Kier molecular flexibility index (Phi) is 8.71. The van der Waals surface area contributed by atoms with Crippen LogP contribution >= 0.6 is 11.8 Å². The Morgan fingerprint density at radius 3 is 2.41 bits per heavy atom. The summed E-state index contributed by atoms with van der Waals surface area (Å²) in [5.74, 6) is 1.01. The zero-order valence-corrected chi connectivity index (χ0v) is 16.6. The number of nitrogens with one attached hydrogen (secondary N) is 2. The molecule has 6 heteroatoms. The fraction of sp³-hybridized carbons (Fsp3) is 0.333. The van der Waals surface area contributed by atoms with Gasteiger partial charge in [0.05, 0.1) is 12.4 Å². The van der Waals surface area contributed by atoms with Crippen LogP contribution in [0.25, 0.3) is 0 Å². The van der Waals surface area contributed by atoms with E-state index in [2.05, 4.69) is 17.6 Å². The second-order valence-corrected chi connectivity index (χ2v) is 7.02. The molecule has 0 fully saturated rings. The molecule has 0 aliphatic carbocycles. The third-order valence-corrected chi connectivity index (χ3v) is 4.69. The Morgan fingerprint density at radius 2 is 1.70 bits per heavy atom. The molecule has 2 N–H and O–H groups in total. The van der Waals surface area contributed by atoms with E-state index in [1.165, 1.54) is 11.8 Å². The minimum absolute atomic E-state index is 0.0206. The van der Waals surface area contributed by atoms with Gasteiger partial charge in [-0.3, -0.25) is 9.59 Å². The van der Waals surface area contributed by atoms with Gasteiger partial charge in [-0.1, -0.05) is 19.4 Å². The molecule has 0 spiro atoms. The fourth-order valence-corrected chi connectivity index (χ4v) is 3.13. The molecule has 0 heterocycles. The predicted molar refractivity (Wildman–Crippen MR) is 112 cm³/mol. The van der Waals surface area contributed by atoms with Crippen LogP contribution in [0.1, 0.15) is 33.1 Å². The second kappa shape index (κ2) is 11.3. The standard InChI is InChI=1S/C21H26N2O3S/c1-3-5-9-20(24)23-17-7-6-8-19(14-17)27-15-21(25)22-16-10-12-18(13-11-16)26-4-2/h6-8,10-14H,3-5,9,15H2,1-2H3,(H,22,25)(H,23,24). The number of amides is 2. The number of hydrogen-bond acceptors (Lipinski definition) is 4. The van der Waals surface area contributed by atoms with Gasteiger partial charge in [-0.05, 0) is 55.8 Å². The van der Waals surface area contributed by atoms with Gasteiger partial charge in [0.15, 0.2) is 0 Å². The third kappa shape index (κ3) is 7.74. The normalized spacial score (nSPS) is 10.3. The molecule has 0 unspecified atom stereocenters. The van der Waals surface area contributed by atoms with Crippen LogP contribution in [0.15, 0.2) is 53.4 Å². The molecule has 0 bridgehead atoms. The number of anilines is 2. The van der Waals surface area contributed by atoms with Gasteiger partial charge in [0.2, 0.25) is 11.8 Å². The van der Waals surface area contributed by atoms with Crippen molar-refractivity contribution in [2.45, 2.75) is 38.0 Å². The van der Waals surface area contributed by atoms with E-state index in [0.717, 1.165) is 34.9 Å². The van der Waals surface area contributed by atoms with E-state index in [0.29, 0.717) is 18.8 Å². The van der Waals surface area contributed by atoms with Crippen molar-refractivity contribution in [3.63, 3.8) is 0 Å². The van der Waals surface area contributed by atoms with E-state index in [4.69, 9.17) is 4.74 Å². The van der Waals surface area contributed by atoms with Crippen LogP contribution in [0.2, 0.25) is 0 Å². The summed E-state index contributed by atoms with van der Waals surface area (Å²) in [6, 6.07) is 14.8. The van der Waals surface area contributed by atoms with Gasteiger partial charge in [0, 0.05) is 22.7 Å². The Morgan fingerprint density at radius 1 is 0.963 bits per heavy atom. The summed E-state index contributed by atoms with van der Waals surface area (Å²) in [5, 5.41) is 5.76. The van der Waals surface area contributed by atoms with E-state index in [-0.39, 0.29) is 11.8 Å². The molecule has 144 valence electrons. The highest BCUT2D eigenvalue weighted by Crippen LogP contribution is 2.22. The van der Waals surface area contributed by atoms with Crippen LogP contribution in [-0.2, 0) is 9.59 Å². The molecular weight excluding hydrogens is 360 g/mol. The molecule has 0 atom stereocenters. The van der Waals surface area contributed by atoms with Crippen LogP contribution in [-0.4, -0.2) is 24.2 Å². The molecule has 5 nitrogen and oxygen atoms in total. The molecule has 0 aliphatic heterocycles. The molecule has 0 saturated heterocycles. The highest BCUT2D eigenvalue weighted by molar-refractivity contribution is 8.00. The second-order valence-electron chi connectivity index (χ2n) is 5.97. The molecular formula is C21H26N2O3S. The van der Waals surface area contributed by atoms with Gasteiger partial charge in [-0.2, -0.15) is 0 Å². The Hall–Kier alpha value is -2.47. The molecule has 0 saturated carbocycles. The summed E-state index contributed by atoms with van der Waals surface area (Å²) in [5.41, 5.74) is 1.49. The molecule has 2 aromatic rings. The number of rotatable bonds is 10. The third-order valence-electron chi connectivity index (χ3n) is 3.69. The quantitative estimate of drug-likeness (QED) is 0.567. The first-order chi connectivity index (χ1) is 13.1. The number of unbranched alkanes of at least 4 members (excludes halogenated alkanes) is 1. The lowest BCUT2D eigenvalue weighted by Crippen LogP contribution is -2.14. The maximum atomic E-state index is 12.1. The molecule has 0 radical (unpaired) electrons. The molecule has 2 rings (SSSR count). The van der Waals surface area contributed by atoms with Gasteiger partial charge in [-0.15, -0.1) is 11.8 Å². The number of hydrogen-bond donors (Lipinski definition) is 2. The van der Waals surface area contributed by atoms with Gasteiger partial charge in [0.25, 0.3) is 0 Å². The Bertz CT molecular complexity index is 747. The van der Waals surface area contributed by atoms with Gasteiger partial charge in [0.1, 0.15) is 5.75 Å². The van der Waals surface area contributed by atoms with Crippen molar-refractivity contribution in [3.8, 4) is 5.75 Å². The first kappa shape index (κ1) is 20.8. The number of benzene rings is 2. The van der Waals surface area contributed by atoms with Crippen molar-refractivity contribution < 1.29 is 14.3 Å². The molecule has 2 aromatic carbocycles. The lowest BCUT2D eigenvalue weighted by atomic mass is 10.2. The summed E-state index contributed by atoms with van der Waals surface area (Å²) >= 11 is 1.43. The first-order valence-electron chi connectivity index (χ1n) is 9.16. The average Bonchev–Trinajstić information content (AvgIpc) is 2.67. The summed E-state index contributed by atoms with van der Waals surface area (Å²) in [4.78, 5) is 24.9. The largest absolute Gasteiger partial charge is 0.494 e. The summed E-state index contributed by atoms with van der Waals surface area (Å²) in [6.45, 7) is 4.60. The highest BCUT2D eigenvalue weighted by Gasteiger charge is 2.06. The SMILES string of the molecule is CCCCC(=O)Nc1cccc(SCC(=O)Nc2ccc(OCC)cc2)c1. The minimum atomic E-state index is -0.0819. The number of carbonyl (C=O) groups is 2. The smallest absolute Gasteiger partial charge is 0.234 e. The van der Waals surface area contributed by atoms with Crippen molar-refractivity contribution in [1.29, 1.82) is 0 Å². The molecule has 0 aliphatic rings. The first-order valence-corrected chi connectivity index (χ1v) is 10.1. The Labute approximate surface area is 164 Å². The topological polar surface area (TPSA) is 67.4 Å². The Balaban J connectivity index is 1.82. The number of thioether (sulfide) groups is 1. The van der Waals surface area contributed by atoms with Crippen molar-refractivity contribution in [1.82, 2.24) is 0 Å². The van der Waals surface area contributed by atoms with Crippen molar-refractivity contribution in [3.05, 3.63) is 48.5 Å². The van der Waals surface area contributed by atoms with E-state index >= 15 is 0 Å². The van der Waals surface area contributed by atoms with Gasteiger partial charge in [-0.25, -0.2) is 0 Å².